The minimum atomic E-state index is 0.509. The van der Waals surface area contributed by atoms with Crippen molar-refractivity contribution in [3.8, 4) is 22.7 Å². The molecule has 1 saturated heterocycles. The van der Waals surface area contributed by atoms with Crippen molar-refractivity contribution in [3.05, 3.63) is 66.7 Å². The van der Waals surface area contributed by atoms with Crippen LogP contribution in [0.1, 0.15) is 5.89 Å². The minimum absolute atomic E-state index is 0.509. The van der Waals surface area contributed by atoms with Crippen LogP contribution in [-0.2, 0) is 4.74 Å². The average Bonchev–Trinajstić information content (AvgIpc) is 3.27. The molecule has 4 aromatic rings. The van der Waals surface area contributed by atoms with E-state index in [0.29, 0.717) is 17.7 Å². The molecule has 0 bridgehead atoms. The molecule has 1 aliphatic heterocycles. The molecule has 3 heterocycles. The molecule has 0 saturated carbocycles. The van der Waals surface area contributed by atoms with Gasteiger partial charge in [0.1, 0.15) is 0 Å². The summed E-state index contributed by atoms with van der Waals surface area (Å²) in [5.74, 6) is 1.60. The lowest BCUT2D eigenvalue weighted by molar-refractivity contribution is 0.122. The quantitative estimate of drug-likeness (QED) is 0.522. The average molecular weight is 414 g/mol. The lowest BCUT2D eigenvalue weighted by atomic mass is 10.1. The van der Waals surface area contributed by atoms with Crippen molar-refractivity contribution in [3.63, 3.8) is 0 Å². The van der Waals surface area contributed by atoms with Crippen LogP contribution in [0.4, 0.5) is 17.3 Å². The van der Waals surface area contributed by atoms with E-state index in [0.717, 1.165) is 48.8 Å². The van der Waals surface area contributed by atoms with Crippen molar-refractivity contribution in [2.24, 2.45) is 0 Å². The Morgan fingerprint density at radius 3 is 2.32 bits per heavy atom. The van der Waals surface area contributed by atoms with Crippen molar-refractivity contribution < 1.29 is 9.15 Å². The van der Waals surface area contributed by atoms with Crippen LogP contribution in [0.25, 0.3) is 22.7 Å². The summed E-state index contributed by atoms with van der Waals surface area (Å²) in [6, 6.07) is 18.0. The van der Waals surface area contributed by atoms with Crippen LogP contribution in [0.5, 0.6) is 0 Å². The molecule has 1 N–H and O–H groups in total. The summed E-state index contributed by atoms with van der Waals surface area (Å²) in [7, 11) is 0. The zero-order chi connectivity index (χ0) is 21.0. The molecule has 8 nitrogen and oxygen atoms in total. The Morgan fingerprint density at radius 2 is 1.61 bits per heavy atom. The highest BCUT2D eigenvalue weighted by molar-refractivity contribution is 5.66. The van der Waals surface area contributed by atoms with Gasteiger partial charge in [-0.2, -0.15) is 0 Å². The van der Waals surface area contributed by atoms with Crippen LogP contribution in [0.2, 0.25) is 0 Å². The van der Waals surface area contributed by atoms with Gasteiger partial charge in [0.25, 0.3) is 0 Å². The van der Waals surface area contributed by atoms with Gasteiger partial charge in [0, 0.05) is 48.7 Å². The van der Waals surface area contributed by atoms with E-state index in [1.165, 1.54) is 5.69 Å². The number of nitrogens with one attached hydrogen (secondary N) is 1. The van der Waals surface area contributed by atoms with Crippen LogP contribution in [0.15, 0.2) is 65.2 Å². The first kappa shape index (κ1) is 19.2. The van der Waals surface area contributed by atoms with Gasteiger partial charge in [-0.15, -0.1) is 10.2 Å². The van der Waals surface area contributed by atoms with E-state index in [9.17, 15) is 0 Å². The smallest absolute Gasteiger partial charge is 0.247 e. The maximum atomic E-state index is 5.48. The van der Waals surface area contributed by atoms with E-state index in [-0.39, 0.29) is 0 Å². The monoisotopic (exact) mass is 414 g/mol. The Morgan fingerprint density at radius 1 is 0.871 bits per heavy atom. The zero-order valence-electron chi connectivity index (χ0n) is 17.2. The fraction of sp³-hybridized carbons (Fsp3) is 0.217. The zero-order valence-corrected chi connectivity index (χ0v) is 17.2. The van der Waals surface area contributed by atoms with Crippen molar-refractivity contribution in [2.45, 2.75) is 6.92 Å². The van der Waals surface area contributed by atoms with Gasteiger partial charge in [-0.25, -0.2) is 9.97 Å². The predicted octanol–water partition coefficient (Wildman–Crippen LogP) is 4.08. The van der Waals surface area contributed by atoms with Crippen LogP contribution >= 0.6 is 0 Å². The lowest BCUT2D eigenvalue weighted by Crippen LogP contribution is -2.36. The van der Waals surface area contributed by atoms with Gasteiger partial charge >= 0.3 is 0 Å². The number of hydrogen-bond donors (Lipinski definition) is 1. The SMILES string of the molecule is Cc1nnc(-c2ccc(-c3ccnc(Nc4ccc(N5CCOCC5)cc4)n3)cc2)o1. The normalized spacial score (nSPS) is 13.9. The number of aryl methyl sites for hydroxylation is 1. The van der Waals surface area contributed by atoms with Gasteiger partial charge in [-0.05, 0) is 42.5 Å². The first-order valence-corrected chi connectivity index (χ1v) is 10.2. The van der Waals surface area contributed by atoms with Gasteiger partial charge in [0.15, 0.2) is 0 Å². The highest BCUT2D eigenvalue weighted by Gasteiger charge is 2.11. The molecular formula is C23H22N6O2. The Kier molecular flexibility index (Phi) is 5.28. The van der Waals surface area contributed by atoms with Gasteiger partial charge in [-0.1, -0.05) is 12.1 Å². The third-order valence-corrected chi connectivity index (χ3v) is 5.11. The molecular weight excluding hydrogens is 392 g/mol. The first-order valence-electron chi connectivity index (χ1n) is 10.2. The number of anilines is 3. The number of morpholine rings is 1. The molecule has 31 heavy (non-hydrogen) atoms. The van der Waals surface area contributed by atoms with Crippen molar-refractivity contribution >= 4 is 17.3 Å². The van der Waals surface area contributed by atoms with E-state index in [1.54, 1.807) is 13.1 Å². The van der Waals surface area contributed by atoms with E-state index in [4.69, 9.17) is 9.15 Å². The summed E-state index contributed by atoms with van der Waals surface area (Å²) >= 11 is 0. The third-order valence-electron chi connectivity index (χ3n) is 5.11. The fourth-order valence-electron chi connectivity index (χ4n) is 3.48. The highest BCUT2D eigenvalue weighted by Crippen LogP contribution is 2.25. The maximum absolute atomic E-state index is 5.48. The number of hydrogen-bond acceptors (Lipinski definition) is 8. The number of rotatable bonds is 5. The van der Waals surface area contributed by atoms with Crippen LogP contribution in [0, 0.1) is 6.92 Å². The molecule has 0 radical (unpaired) electrons. The summed E-state index contributed by atoms with van der Waals surface area (Å²) in [6.07, 6.45) is 1.75. The molecule has 0 aliphatic carbocycles. The Hall–Kier alpha value is -3.78. The Labute approximate surface area is 179 Å². The van der Waals surface area contributed by atoms with Gasteiger partial charge in [0.05, 0.1) is 18.9 Å². The molecule has 1 aliphatic rings. The molecule has 0 spiro atoms. The topological polar surface area (TPSA) is 89.2 Å². The summed E-state index contributed by atoms with van der Waals surface area (Å²) in [5.41, 5.74) is 4.82. The number of aromatic nitrogens is 4. The van der Waals surface area contributed by atoms with E-state index in [2.05, 4.69) is 42.5 Å². The summed E-state index contributed by atoms with van der Waals surface area (Å²) in [4.78, 5) is 11.3. The van der Waals surface area contributed by atoms with Gasteiger partial charge in [-0.3, -0.25) is 0 Å². The molecule has 2 aromatic heterocycles. The fourth-order valence-corrected chi connectivity index (χ4v) is 3.48. The van der Waals surface area contributed by atoms with Crippen molar-refractivity contribution in [1.82, 2.24) is 20.2 Å². The third kappa shape index (κ3) is 4.39. The molecule has 1 fully saturated rings. The summed E-state index contributed by atoms with van der Waals surface area (Å²) in [5, 5.41) is 11.2. The first-order chi connectivity index (χ1) is 15.2. The molecule has 0 unspecified atom stereocenters. The van der Waals surface area contributed by atoms with Crippen LogP contribution in [0.3, 0.4) is 0 Å². The second kappa shape index (κ2) is 8.53. The molecule has 0 atom stereocenters. The Balaban J connectivity index is 1.30. The van der Waals surface area contributed by atoms with Gasteiger partial charge < -0.3 is 19.4 Å². The summed E-state index contributed by atoms with van der Waals surface area (Å²) in [6.45, 7) is 5.16. The second-order valence-electron chi connectivity index (χ2n) is 7.24. The maximum Gasteiger partial charge on any atom is 0.247 e. The largest absolute Gasteiger partial charge is 0.421 e. The standard InChI is InChI=1S/C23H22N6O2/c1-16-27-28-22(31-16)18-4-2-17(3-5-18)21-10-11-24-23(26-21)25-19-6-8-20(9-7-19)29-12-14-30-15-13-29/h2-11H,12-15H2,1H3,(H,24,25,26). The molecule has 5 rings (SSSR count). The summed E-state index contributed by atoms with van der Waals surface area (Å²) < 4.78 is 10.9. The number of benzene rings is 2. The molecule has 156 valence electrons. The highest BCUT2D eigenvalue weighted by atomic mass is 16.5. The second-order valence-corrected chi connectivity index (χ2v) is 7.24. The van der Waals surface area contributed by atoms with Crippen molar-refractivity contribution in [1.29, 1.82) is 0 Å². The van der Waals surface area contributed by atoms with E-state index in [1.807, 2.05) is 42.5 Å². The van der Waals surface area contributed by atoms with Gasteiger partial charge in [0.2, 0.25) is 17.7 Å². The number of ether oxygens (including phenoxy) is 1. The molecule has 0 amide bonds. The predicted molar refractivity (Wildman–Crippen MR) is 118 cm³/mol. The van der Waals surface area contributed by atoms with E-state index < -0.39 is 0 Å². The van der Waals surface area contributed by atoms with Crippen molar-refractivity contribution in [2.75, 3.05) is 36.5 Å². The molecule has 8 heteroatoms. The van der Waals surface area contributed by atoms with Crippen LogP contribution < -0.4 is 10.2 Å². The van der Waals surface area contributed by atoms with E-state index >= 15 is 0 Å². The number of nitrogens with zero attached hydrogens (tertiary/aromatic N) is 5. The Bertz CT molecular complexity index is 1150. The molecule has 2 aromatic carbocycles. The minimum Gasteiger partial charge on any atom is -0.421 e. The lowest BCUT2D eigenvalue weighted by Gasteiger charge is -2.28. The van der Waals surface area contributed by atoms with Crippen LogP contribution in [-0.4, -0.2) is 46.5 Å².